The zero-order valence-electron chi connectivity index (χ0n) is 15.0. The molecule has 6 nitrogen and oxygen atoms in total. The van der Waals surface area contributed by atoms with Gasteiger partial charge in [0.05, 0.1) is 12.7 Å². The van der Waals surface area contributed by atoms with E-state index in [4.69, 9.17) is 0 Å². The lowest BCUT2D eigenvalue weighted by Gasteiger charge is -2.25. The van der Waals surface area contributed by atoms with Crippen LogP contribution in [0.3, 0.4) is 0 Å². The van der Waals surface area contributed by atoms with Gasteiger partial charge in [-0.15, -0.1) is 24.0 Å². The highest BCUT2D eigenvalue weighted by molar-refractivity contribution is 14.0. The summed E-state index contributed by atoms with van der Waals surface area (Å²) in [7, 11) is 3.63. The van der Waals surface area contributed by atoms with Crippen LogP contribution in [0.2, 0.25) is 0 Å². The van der Waals surface area contributed by atoms with Gasteiger partial charge >= 0.3 is 6.18 Å². The van der Waals surface area contributed by atoms with Crippen LogP contribution in [0.25, 0.3) is 0 Å². The molecule has 0 saturated carbocycles. The fourth-order valence-corrected chi connectivity index (χ4v) is 3.70. The van der Waals surface area contributed by atoms with Gasteiger partial charge in [-0.1, -0.05) is 0 Å². The van der Waals surface area contributed by atoms with Gasteiger partial charge in [0.2, 0.25) is 0 Å². The van der Waals surface area contributed by atoms with Crippen molar-refractivity contribution in [3.8, 4) is 0 Å². The third kappa shape index (κ3) is 5.48. The Morgan fingerprint density at radius 1 is 1.31 bits per heavy atom. The van der Waals surface area contributed by atoms with Gasteiger partial charge < -0.3 is 10.2 Å². The predicted octanol–water partition coefficient (Wildman–Crippen LogP) is 2.04. The first-order chi connectivity index (χ1) is 11.8. The number of nitrogens with zero attached hydrogens (tertiary/aromatic N) is 5. The molecule has 148 valence electrons. The van der Waals surface area contributed by atoms with Crippen LogP contribution in [-0.2, 0) is 7.05 Å². The Hall–Kier alpha value is -1.04. The zero-order chi connectivity index (χ0) is 18.0. The molecule has 10 heteroatoms. The maximum absolute atomic E-state index is 12.5. The van der Waals surface area contributed by atoms with Gasteiger partial charge in [0.25, 0.3) is 0 Å². The Morgan fingerprint density at radius 2 is 2.08 bits per heavy atom. The molecule has 1 N–H and O–H groups in total. The number of halogens is 4. The number of nitrogens with one attached hydrogen (secondary N) is 1. The van der Waals surface area contributed by atoms with E-state index in [1.165, 1.54) is 10.5 Å². The molecule has 2 fully saturated rings. The van der Waals surface area contributed by atoms with Crippen molar-refractivity contribution in [1.29, 1.82) is 0 Å². The molecule has 0 aromatic carbocycles. The van der Waals surface area contributed by atoms with Crippen molar-refractivity contribution >= 4 is 29.9 Å². The molecule has 0 aliphatic carbocycles. The van der Waals surface area contributed by atoms with Crippen molar-refractivity contribution < 1.29 is 13.2 Å². The Morgan fingerprint density at radius 3 is 2.69 bits per heavy atom. The maximum Gasteiger partial charge on any atom is 0.401 e. The second kappa shape index (κ2) is 8.77. The van der Waals surface area contributed by atoms with E-state index in [1.807, 2.05) is 19.4 Å². The lowest BCUT2D eigenvalue weighted by Crippen LogP contribution is -2.46. The molecule has 2 saturated heterocycles. The molecular formula is C16H26F3IN6. The highest BCUT2D eigenvalue weighted by atomic mass is 127. The fourth-order valence-electron chi connectivity index (χ4n) is 3.70. The average molecular weight is 486 g/mol. The minimum absolute atomic E-state index is 0. The summed E-state index contributed by atoms with van der Waals surface area (Å²) < 4.78 is 39.3. The monoisotopic (exact) mass is 486 g/mol. The summed E-state index contributed by atoms with van der Waals surface area (Å²) in [5.74, 6) is 1.20. The number of aromatic nitrogens is 2. The van der Waals surface area contributed by atoms with E-state index in [9.17, 15) is 13.2 Å². The average Bonchev–Trinajstić information content (AvgIpc) is 3.24. The Kier molecular flexibility index (Phi) is 7.17. The molecule has 2 aliphatic rings. The van der Waals surface area contributed by atoms with Gasteiger partial charge in [0.1, 0.15) is 0 Å². The summed E-state index contributed by atoms with van der Waals surface area (Å²) in [5, 5.41) is 7.57. The van der Waals surface area contributed by atoms with Gasteiger partial charge in [0.15, 0.2) is 5.96 Å². The van der Waals surface area contributed by atoms with Crippen molar-refractivity contribution in [2.24, 2.45) is 12.0 Å². The molecule has 2 unspecified atom stereocenters. The van der Waals surface area contributed by atoms with Gasteiger partial charge in [-0.25, -0.2) is 0 Å². The quantitative estimate of drug-likeness (QED) is 0.404. The molecule has 3 rings (SSSR count). The summed E-state index contributed by atoms with van der Waals surface area (Å²) in [5.41, 5.74) is 1.22. The number of likely N-dealkylation sites (tertiary alicyclic amines) is 2. The number of hydrogen-bond acceptors (Lipinski definition) is 3. The molecule has 0 spiro atoms. The smallest absolute Gasteiger partial charge is 0.352 e. The van der Waals surface area contributed by atoms with Crippen molar-refractivity contribution in [1.82, 2.24) is 24.9 Å². The van der Waals surface area contributed by atoms with E-state index in [-0.39, 0.29) is 30.0 Å². The normalized spacial score (nSPS) is 24.8. The number of aliphatic imine (C=N–C) groups is 1. The van der Waals surface area contributed by atoms with Crippen molar-refractivity contribution in [3.63, 3.8) is 0 Å². The van der Waals surface area contributed by atoms with Gasteiger partial charge in [-0.2, -0.15) is 18.3 Å². The Bertz CT molecular complexity index is 617. The highest BCUT2D eigenvalue weighted by Crippen LogP contribution is 2.27. The molecule has 26 heavy (non-hydrogen) atoms. The van der Waals surface area contributed by atoms with Gasteiger partial charge in [-0.05, 0) is 18.4 Å². The third-order valence-electron chi connectivity index (χ3n) is 4.90. The second-order valence-electron chi connectivity index (χ2n) is 6.91. The first-order valence-corrected chi connectivity index (χ1v) is 8.60. The van der Waals surface area contributed by atoms with E-state index in [0.717, 1.165) is 25.5 Å². The SMILES string of the molecule is CN=C(NC1CCN(CC(F)(F)F)C1)N1CCC(c2cnn(C)c2)C1.I. The van der Waals surface area contributed by atoms with Crippen molar-refractivity contribution in [2.45, 2.75) is 31.0 Å². The first kappa shape index (κ1) is 21.3. The first-order valence-electron chi connectivity index (χ1n) is 8.60. The van der Waals surface area contributed by atoms with Gasteiger partial charge in [0, 0.05) is 58.4 Å². The second-order valence-corrected chi connectivity index (χ2v) is 6.91. The van der Waals surface area contributed by atoms with Crippen LogP contribution in [0.1, 0.15) is 24.3 Å². The third-order valence-corrected chi connectivity index (χ3v) is 4.90. The zero-order valence-corrected chi connectivity index (χ0v) is 17.4. The van der Waals surface area contributed by atoms with Crippen LogP contribution in [-0.4, -0.2) is 77.5 Å². The van der Waals surface area contributed by atoms with E-state index in [0.29, 0.717) is 25.4 Å². The minimum Gasteiger partial charge on any atom is -0.352 e. The van der Waals surface area contributed by atoms with E-state index < -0.39 is 12.7 Å². The molecule has 0 radical (unpaired) electrons. The topological polar surface area (TPSA) is 48.7 Å². The van der Waals surface area contributed by atoms with E-state index >= 15 is 0 Å². The summed E-state index contributed by atoms with van der Waals surface area (Å²) >= 11 is 0. The van der Waals surface area contributed by atoms with Gasteiger partial charge in [-0.3, -0.25) is 14.6 Å². The van der Waals surface area contributed by atoms with Crippen LogP contribution in [0, 0.1) is 0 Å². The molecule has 0 amide bonds. The summed E-state index contributed by atoms with van der Waals surface area (Å²) in [6.07, 6.45) is 1.53. The molecule has 3 heterocycles. The summed E-state index contributed by atoms with van der Waals surface area (Å²) in [6, 6.07) is 0.0125. The predicted molar refractivity (Wildman–Crippen MR) is 105 cm³/mol. The van der Waals surface area contributed by atoms with Crippen LogP contribution in [0.4, 0.5) is 13.2 Å². The van der Waals surface area contributed by atoms with E-state index in [2.05, 4.69) is 20.3 Å². The summed E-state index contributed by atoms with van der Waals surface area (Å²) in [6.45, 7) is 1.77. The van der Waals surface area contributed by atoms with Crippen LogP contribution >= 0.6 is 24.0 Å². The minimum atomic E-state index is -4.14. The number of alkyl halides is 3. The molecule has 1 aromatic rings. The van der Waals surface area contributed by atoms with Crippen LogP contribution in [0.15, 0.2) is 17.4 Å². The maximum atomic E-state index is 12.5. The lowest BCUT2D eigenvalue weighted by atomic mass is 10.0. The molecule has 0 bridgehead atoms. The van der Waals surface area contributed by atoms with E-state index in [1.54, 1.807) is 11.7 Å². The standard InChI is InChI=1S/C16H25F3N6.HI/c1-20-15(22-14-4-5-24(10-14)11-16(17,18)19)25-6-3-12(9-25)13-7-21-23(2)8-13;/h7-8,12,14H,3-6,9-11H2,1-2H3,(H,20,22);1H. The number of rotatable bonds is 3. The number of aryl methyl sites for hydroxylation is 1. The van der Waals surface area contributed by atoms with Crippen molar-refractivity contribution in [2.75, 3.05) is 39.8 Å². The number of guanidine groups is 1. The molecule has 1 aromatic heterocycles. The number of hydrogen-bond donors (Lipinski definition) is 1. The highest BCUT2D eigenvalue weighted by Gasteiger charge is 2.35. The van der Waals surface area contributed by atoms with Crippen LogP contribution in [0.5, 0.6) is 0 Å². The largest absolute Gasteiger partial charge is 0.401 e. The molecule has 2 atom stereocenters. The summed E-state index contributed by atoms with van der Waals surface area (Å²) in [4.78, 5) is 7.97. The fraction of sp³-hybridized carbons (Fsp3) is 0.750. The molecule has 2 aliphatic heterocycles. The Balaban J connectivity index is 0.00000243. The van der Waals surface area contributed by atoms with Crippen LogP contribution < -0.4 is 5.32 Å². The van der Waals surface area contributed by atoms with Crippen molar-refractivity contribution in [3.05, 3.63) is 18.0 Å². The lowest BCUT2D eigenvalue weighted by molar-refractivity contribution is -0.143. The molecular weight excluding hydrogens is 460 g/mol. The Labute approximate surface area is 168 Å².